The first-order valence-electron chi connectivity index (χ1n) is 6.92. The Balaban J connectivity index is 2.02. The predicted octanol–water partition coefficient (Wildman–Crippen LogP) is 2.93. The first kappa shape index (κ1) is 13.7. The molecular weight excluding hydrogens is 236 g/mol. The Kier molecular flexibility index (Phi) is 4.25. The van der Waals surface area contributed by atoms with Crippen LogP contribution in [0.2, 0.25) is 0 Å². The molecule has 1 heterocycles. The largest absolute Gasteiger partial charge is 0.399 e. The zero-order valence-corrected chi connectivity index (χ0v) is 11.7. The van der Waals surface area contributed by atoms with Crippen LogP contribution in [0.3, 0.4) is 0 Å². The van der Waals surface area contributed by atoms with E-state index in [9.17, 15) is 4.79 Å². The van der Waals surface area contributed by atoms with Gasteiger partial charge in [0.05, 0.1) is 0 Å². The van der Waals surface area contributed by atoms with Crippen LogP contribution in [0, 0.1) is 5.92 Å². The molecule has 1 aliphatic heterocycles. The lowest BCUT2D eigenvalue weighted by molar-refractivity contribution is -0.127. The minimum absolute atomic E-state index is 0.119. The summed E-state index contributed by atoms with van der Waals surface area (Å²) in [5.41, 5.74) is 7.38. The molecule has 102 valence electrons. The van der Waals surface area contributed by atoms with Crippen LogP contribution in [0.15, 0.2) is 30.3 Å². The van der Waals surface area contributed by atoms with Crippen LogP contribution >= 0.6 is 0 Å². The fraction of sp³-hybridized carbons (Fsp3) is 0.438. The highest BCUT2D eigenvalue weighted by Gasteiger charge is 2.29. The van der Waals surface area contributed by atoms with Crippen LogP contribution in [-0.4, -0.2) is 23.4 Å². The van der Waals surface area contributed by atoms with Crippen LogP contribution in [0.1, 0.15) is 32.3 Å². The second-order valence-corrected chi connectivity index (χ2v) is 5.49. The third-order valence-electron chi connectivity index (χ3n) is 3.71. The second-order valence-electron chi connectivity index (χ2n) is 5.49. The molecule has 1 fully saturated rings. The number of hydrogen-bond acceptors (Lipinski definition) is 2. The van der Waals surface area contributed by atoms with Gasteiger partial charge < -0.3 is 10.6 Å². The highest BCUT2D eigenvalue weighted by Crippen LogP contribution is 2.24. The van der Waals surface area contributed by atoms with E-state index in [4.69, 9.17) is 5.73 Å². The van der Waals surface area contributed by atoms with Crippen molar-refractivity contribution in [3.05, 3.63) is 35.9 Å². The standard InChI is InChI=1S/C16H22N2O/c1-12(2)15-4-3-11-18(15)16(19)10-7-13-5-8-14(17)9-6-13/h5-10,12,15H,3-4,11,17H2,1-2H3/b10-7+. The van der Waals surface area contributed by atoms with Crippen molar-refractivity contribution < 1.29 is 4.79 Å². The molecule has 2 N–H and O–H groups in total. The molecule has 1 aliphatic rings. The van der Waals surface area contributed by atoms with Crippen molar-refractivity contribution in [1.82, 2.24) is 4.90 Å². The lowest BCUT2D eigenvalue weighted by Crippen LogP contribution is -2.37. The smallest absolute Gasteiger partial charge is 0.246 e. The molecule has 1 unspecified atom stereocenters. The Morgan fingerprint density at radius 3 is 2.68 bits per heavy atom. The van der Waals surface area contributed by atoms with Gasteiger partial charge in [-0.1, -0.05) is 26.0 Å². The maximum atomic E-state index is 12.2. The van der Waals surface area contributed by atoms with Crippen LogP contribution in [0.4, 0.5) is 5.69 Å². The predicted molar refractivity (Wildman–Crippen MR) is 79.5 cm³/mol. The number of likely N-dealkylation sites (tertiary alicyclic amines) is 1. The summed E-state index contributed by atoms with van der Waals surface area (Å²) in [5.74, 6) is 0.643. The second kappa shape index (κ2) is 5.91. The molecule has 19 heavy (non-hydrogen) atoms. The molecule has 1 amide bonds. The summed E-state index contributed by atoms with van der Waals surface area (Å²) in [6, 6.07) is 7.92. The molecule has 1 atom stereocenters. The van der Waals surface area contributed by atoms with E-state index in [-0.39, 0.29) is 5.91 Å². The molecule has 1 aromatic rings. The third-order valence-corrected chi connectivity index (χ3v) is 3.71. The van der Waals surface area contributed by atoms with Gasteiger partial charge in [0.25, 0.3) is 0 Å². The molecule has 3 heteroatoms. The number of nitrogen functional groups attached to an aromatic ring is 1. The Labute approximate surface area is 115 Å². The topological polar surface area (TPSA) is 46.3 Å². The molecule has 0 aliphatic carbocycles. The Morgan fingerprint density at radius 1 is 1.37 bits per heavy atom. The lowest BCUT2D eigenvalue weighted by atomic mass is 10.0. The summed E-state index contributed by atoms with van der Waals surface area (Å²) in [7, 11) is 0. The third kappa shape index (κ3) is 3.37. The van der Waals surface area contributed by atoms with Crippen LogP contribution in [-0.2, 0) is 4.79 Å². The van der Waals surface area contributed by atoms with Gasteiger partial charge in [0.2, 0.25) is 5.91 Å². The van der Waals surface area contributed by atoms with Gasteiger partial charge in [-0.2, -0.15) is 0 Å². The number of carbonyl (C=O) groups excluding carboxylic acids is 1. The number of rotatable bonds is 3. The molecule has 0 saturated carbocycles. The number of nitrogens with zero attached hydrogens (tertiary/aromatic N) is 1. The normalized spacial score (nSPS) is 19.5. The van der Waals surface area contributed by atoms with Crippen molar-refractivity contribution in [2.24, 2.45) is 5.92 Å². The number of hydrogen-bond donors (Lipinski definition) is 1. The quantitative estimate of drug-likeness (QED) is 0.669. The van der Waals surface area contributed by atoms with Crippen molar-refractivity contribution in [3.8, 4) is 0 Å². The van der Waals surface area contributed by atoms with E-state index < -0.39 is 0 Å². The number of benzene rings is 1. The maximum Gasteiger partial charge on any atom is 0.246 e. The first-order valence-corrected chi connectivity index (χ1v) is 6.92. The van der Waals surface area contributed by atoms with Crippen LogP contribution in [0.5, 0.6) is 0 Å². The van der Waals surface area contributed by atoms with E-state index in [0.717, 1.165) is 30.6 Å². The summed E-state index contributed by atoms with van der Waals surface area (Å²) in [4.78, 5) is 14.2. The molecular formula is C16H22N2O. The molecule has 1 aromatic carbocycles. The molecule has 0 bridgehead atoms. The highest BCUT2D eigenvalue weighted by molar-refractivity contribution is 5.92. The van der Waals surface area contributed by atoms with Gasteiger partial charge in [0.15, 0.2) is 0 Å². The summed E-state index contributed by atoms with van der Waals surface area (Å²) >= 11 is 0. The van der Waals surface area contributed by atoms with E-state index in [1.807, 2.05) is 35.2 Å². The van der Waals surface area contributed by atoms with Crippen molar-refractivity contribution in [3.63, 3.8) is 0 Å². The van der Waals surface area contributed by atoms with Crippen molar-refractivity contribution in [2.45, 2.75) is 32.7 Å². The maximum absolute atomic E-state index is 12.2. The number of amides is 1. The Morgan fingerprint density at radius 2 is 2.05 bits per heavy atom. The van der Waals surface area contributed by atoms with Crippen LogP contribution in [0.25, 0.3) is 6.08 Å². The average Bonchev–Trinajstić information content (AvgIpc) is 2.87. The van der Waals surface area contributed by atoms with Crippen molar-refractivity contribution in [2.75, 3.05) is 12.3 Å². The first-order chi connectivity index (χ1) is 9.08. The summed E-state index contributed by atoms with van der Waals surface area (Å²) in [6.07, 6.45) is 5.77. The van der Waals surface area contributed by atoms with E-state index in [1.165, 1.54) is 0 Å². The van der Waals surface area contributed by atoms with Gasteiger partial charge in [-0.15, -0.1) is 0 Å². The molecule has 2 rings (SSSR count). The zero-order chi connectivity index (χ0) is 13.8. The van der Waals surface area contributed by atoms with Gasteiger partial charge in [0.1, 0.15) is 0 Å². The van der Waals surface area contributed by atoms with Gasteiger partial charge in [0, 0.05) is 24.4 Å². The van der Waals surface area contributed by atoms with E-state index in [0.29, 0.717) is 12.0 Å². The van der Waals surface area contributed by atoms with E-state index in [1.54, 1.807) is 6.08 Å². The molecule has 1 saturated heterocycles. The molecule has 3 nitrogen and oxygen atoms in total. The number of anilines is 1. The number of carbonyl (C=O) groups is 1. The monoisotopic (exact) mass is 258 g/mol. The Hall–Kier alpha value is -1.77. The van der Waals surface area contributed by atoms with Gasteiger partial charge >= 0.3 is 0 Å². The summed E-state index contributed by atoms with van der Waals surface area (Å²) in [5, 5.41) is 0. The summed E-state index contributed by atoms with van der Waals surface area (Å²) in [6.45, 7) is 5.24. The fourth-order valence-corrected chi connectivity index (χ4v) is 2.63. The minimum Gasteiger partial charge on any atom is -0.399 e. The summed E-state index contributed by atoms with van der Waals surface area (Å²) < 4.78 is 0. The average molecular weight is 258 g/mol. The van der Waals surface area contributed by atoms with E-state index >= 15 is 0 Å². The van der Waals surface area contributed by atoms with E-state index in [2.05, 4.69) is 13.8 Å². The van der Waals surface area contributed by atoms with Crippen molar-refractivity contribution >= 4 is 17.7 Å². The van der Waals surface area contributed by atoms with Gasteiger partial charge in [-0.25, -0.2) is 0 Å². The zero-order valence-electron chi connectivity index (χ0n) is 11.7. The fourth-order valence-electron chi connectivity index (χ4n) is 2.63. The lowest BCUT2D eigenvalue weighted by Gasteiger charge is -2.26. The minimum atomic E-state index is 0.119. The highest BCUT2D eigenvalue weighted by atomic mass is 16.2. The molecule has 0 radical (unpaired) electrons. The van der Waals surface area contributed by atoms with Gasteiger partial charge in [-0.3, -0.25) is 4.79 Å². The Bertz CT molecular complexity index is 462. The number of nitrogens with two attached hydrogens (primary N) is 1. The SMILES string of the molecule is CC(C)C1CCCN1C(=O)/C=C/c1ccc(N)cc1. The van der Waals surface area contributed by atoms with Gasteiger partial charge in [-0.05, 0) is 42.5 Å². The molecule has 0 spiro atoms. The molecule has 0 aromatic heterocycles. The van der Waals surface area contributed by atoms with Crippen LogP contribution < -0.4 is 5.73 Å². The van der Waals surface area contributed by atoms with Crippen molar-refractivity contribution in [1.29, 1.82) is 0 Å².